The molecule has 3 nitrogen and oxygen atoms in total. The van der Waals surface area contributed by atoms with Gasteiger partial charge in [0.25, 0.3) is 0 Å². The Morgan fingerprint density at radius 2 is 0.800 bits per heavy atom. The van der Waals surface area contributed by atoms with Gasteiger partial charge in [-0.15, -0.1) is 0 Å². The van der Waals surface area contributed by atoms with Crippen molar-refractivity contribution in [3.05, 3.63) is 206 Å². The van der Waals surface area contributed by atoms with Crippen molar-refractivity contribution in [2.45, 2.75) is 0 Å². The first-order valence-corrected chi connectivity index (χ1v) is 18.8. The molecule has 3 heteroatoms. The molecule has 0 fully saturated rings. The molecule has 55 heavy (non-hydrogen) atoms. The number of para-hydroxylation sites is 3. The van der Waals surface area contributed by atoms with Gasteiger partial charge in [-0.05, 0) is 128 Å². The van der Waals surface area contributed by atoms with E-state index in [1.54, 1.807) is 0 Å². The van der Waals surface area contributed by atoms with Crippen LogP contribution in [0.2, 0.25) is 0 Å². The van der Waals surface area contributed by atoms with Gasteiger partial charge in [-0.3, -0.25) is 0 Å². The van der Waals surface area contributed by atoms with E-state index >= 15 is 0 Å². The largest absolute Gasteiger partial charge is 0.456 e. The van der Waals surface area contributed by atoms with Gasteiger partial charge < -0.3 is 14.5 Å². The van der Waals surface area contributed by atoms with Gasteiger partial charge in [0.1, 0.15) is 11.5 Å². The first-order valence-electron chi connectivity index (χ1n) is 18.8. The first-order chi connectivity index (χ1) is 27.3. The summed E-state index contributed by atoms with van der Waals surface area (Å²) < 4.78 is 6.81. The van der Waals surface area contributed by atoms with E-state index in [1.165, 1.54) is 43.3 Å². The Balaban J connectivity index is 1.05. The molecule has 1 heterocycles. The standard InChI is InChI=1S/C52H34N2O/c1-4-14-38(15-5-1)53(39-16-6-2-7-17-39)43-28-30-46-49-32-37-25-26-42(33-48(37)47-21-12-22-50(52(47)49)55-51(46)34-43)54(40-18-8-3-9-19-40)41-27-29-45-36(31-41)24-23-35-13-10-11-20-44(35)45/h1-34H. The maximum atomic E-state index is 6.81. The summed E-state index contributed by atoms with van der Waals surface area (Å²) in [5.74, 6) is 1.72. The predicted molar refractivity (Wildman–Crippen MR) is 231 cm³/mol. The van der Waals surface area contributed by atoms with Gasteiger partial charge in [-0.1, -0.05) is 115 Å². The van der Waals surface area contributed by atoms with Crippen LogP contribution in [-0.4, -0.2) is 0 Å². The monoisotopic (exact) mass is 702 g/mol. The third kappa shape index (κ3) is 5.20. The number of nitrogens with zero attached hydrogens (tertiary/aromatic N) is 2. The molecule has 10 aromatic rings. The maximum absolute atomic E-state index is 6.81. The lowest BCUT2D eigenvalue weighted by Gasteiger charge is -2.28. The van der Waals surface area contributed by atoms with Crippen LogP contribution in [-0.2, 0) is 0 Å². The molecule has 0 aromatic heterocycles. The molecular formula is C52H34N2O. The van der Waals surface area contributed by atoms with Crippen LogP contribution in [0.1, 0.15) is 0 Å². The average molecular weight is 703 g/mol. The molecule has 0 aliphatic carbocycles. The molecule has 258 valence electrons. The Morgan fingerprint density at radius 1 is 0.273 bits per heavy atom. The minimum Gasteiger partial charge on any atom is -0.456 e. The van der Waals surface area contributed by atoms with E-state index in [4.69, 9.17) is 4.74 Å². The van der Waals surface area contributed by atoms with E-state index in [-0.39, 0.29) is 0 Å². The molecule has 0 saturated carbocycles. The molecule has 0 spiro atoms. The molecule has 10 aromatic carbocycles. The molecule has 0 N–H and O–H groups in total. The van der Waals surface area contributed by atoms with Crippen molar-refractivity contribution in [1.29, 1.82) is 0 Å². The zero-order chi connectivity index (χ0) is 36.3. The minimum absolute atomic E-state index is 0.852. The van der Waals surface area contributed by atoms with E-state index in [0.29, 0.717) is 0 Å². The van der Waals surface area contributed by atoms with Crippen LogP contribution in [0.3, 0.4) is 0 Å². The lowest BCUT2D eigenvalue weighted by atomic mass is 9.90. The lowest BCUT2D eigenvalue weighted by molar-refractivity contribution is 0.487. The number of hydrogen-bond acceptors (Lipinski definition) is 3. The Kier molecular flexibility index (Phi) is 7.17. The SMILES string of the molecule is c1ccc(N(c2ccccc2)c2ccc3c(c2)Oc2cccc4c2c-3cc2ccc(N(c3ccccc3)c3ccc5c(ccc6ccccc65)c3)cc24)cc1. The van der Waals surface area contributed by atoms with Crippen molar-refractivity contribution in [2.75, 3.05) is 9.80 Å². The van der Waals surface area contributed by atoms with Gasteiger partial charge in [0.05, 0.1) is 0 Å². The Bertz CT molecular complexity index is 3030. The molecule has 11 rings (SSSR count). The van der Waals surface area contributed by atoms with Crippen molar-refractivity contribution < 1.29 is 4.74 Å². The molecule has 1 aliphatic heterocycles. The fourth-order valence-electron chi connectivity index (χ4n) is 8.44. The maximum Gasteiger partial charge on any atom is 0.137 e. The third-order valence-corrected chi connectivity index (χ3v) is 10.9. The van der Waals surface area contributed by atoms with Crippen LogP contribution in [0.4, 0.5) is 34.1 Å². The molecule has 0 amide bonds. The van der Waals surface area contributed by atoms with E-state index in [9.17, 15) is 0 Å². The highest BCUT2D eigenvalue weighted by atomic mass is 16.5. The Morgan fingerprint density at radius 3 is 1.55 bits per heavy atom. The van der Waals surface area contributed by atoms with E-state index in [1.807, 2.05) is 0 Å². The summed E-state index contributed by atoms with van der Waals surface area (Å²) >= 11 is 0. The second kappa shape index (κ2) is 12.6. The molecule has 0 atom stereocenters. The molecule has 0 radical (unpaired) electrons. The summed E-state index contributed by atoms with van der Waals surface area (Å²) in [5.41, 5.74) is 8.83. The number of ether oxygens (including phenoxy) is 1. The van der Waals surface area contributed by atoms with Crippen molar-refractivity contribution in [3.63, 3.8) is 0 Å². The summed E-state index contributed by atoms with van der Waals surface area (Å²) in [6.45, 7) is 0. The molecule has 0 unspecified atom stereocenters. The van der Waals surface area contributed by atoms with Crippen molar-refractivity contribution >= 4 is 77.2 Å². The van der Waals surface area contributed by atoms with Gasteiger partial charge in [-0.25, -0.2) is 0 Å². The Hall–Kier alpha value is -7.36. The van der Waals surface area contributed by atoms with Gasteiger partial charge in [0, 0.05) is 51.1 Å². The van der Waals surface area contributed by atoms with E-state index in [0.717, 1.165) is 56.6 Å². The highest BCUT2D eigenvalue weighted by Crippen LogP contribution is 2.51. The molecule has 1 aliphatic rings. The normalized spacial score (nSPS) is 11.8. The fraction of sp³-hybridized carbons (Fsp3) is 0. The second-order valence-corrected chi connectivity index (χ2v) is 14.2. The minimum atomic E-state index is 0.852. The van der Waals surface area contributed by atoms with Crippen LogP contribution in [0.5, 0.6) is 11.5 Å². The van der Waals surface area contributed by atoms with Crippen LogP contribution >= 0.6 is 0 Å². The highest BCUT2D eigenvalue weighted by Gasteiger charge is 2.24. The van der Waals surface area contributed by atoms with Gasteiger partial charge in [0.15, 0.2) is 0 Å². The number of rotatable bonds is 6. The van der Waals surface area contributed by atoms with Crippen molar-refractivity contribution in [2.24, 2.45) is 0 Å². The number of hydrogen-bond donors (Lipinski definition) is 0. The zero-order valence-electron chi connectivity index (χ0n) is 29.9. The predicted octanol–water partition coefficient (Wildman–Crippen LogP) is 15.0. The van der Waals surface area contributed by atoms with Crippen LogP contribution in [0.25, 0.3) is 54.2 Å². The van der Waals surface area contributed by atoms with Gasteiger partial charge in [0.2, 0.25) is 0 Å². The quantitative estimate of drug-likeness (QED) is 0.160. The van der Waals surface area contributed by atoms with Crippen molar-refractivity contribution in [3.8, 4) is 22.6 Å². The molecular weight excluding hydrogens is 669 g/mol. The molecule has 0 bridgehead atoms. The van der Waals surface area contributed by atoms with Crippen molar-refractivity contribution in [1.82, 2.24) is 0 Å². The topological polar surface area (TPSA) is 15.7 Å². The number of fused-ring (bicyclic) bond motifs is 7. The van der Waals surface area contributed by atoms with Crippen LogP contribution in [0.15, 0.2) is 206 Å². The third-order valence-electron chi connectivity index (χ3n) is 10.9. The average Bonchev–Trinajstić information content (AvgIpc) is 3.25. The highest BCUT2D eigenvalue weighted by molar-refractivity contribution is 6.18. The Labute approximate surface area is 319 Å². The van der Waals surface area contributed by atoms with E-state index < -0.39 is 0 Å². The molecule has 0 saturated heterocycles. The smallest absolute Gasteiger partial charge is 0.137 e. The summed E-state index contributed by atoms with van der Waals surface area (Å²) in [5, 5.41) is 9.69. The zero-order valence-corrected chi connectivity index (χ0v) is 29.9. The summed E-state index contributed by atoms with van der Waals surface area (Å²) in [4.78, 5) is 4.64. The van der Waals surface area contributed by atoms with Crippen LogP contribution in [0, 0.1) is 0 Å². The lowest BCUT2D eigenvalue weighted by Crippen LogP contribution is -2.10. The van der Waals surface area contributed by atoms with Gasteiger partial charge in [-0.2, -0.15) is 0 Å². The summed E-state index contributed by atoms with van der Waals surface area (Å²) in [6.07, 6.45) is 0. The summed E-state index contributed by atoms with van der Waals surface area (Å²) in [7, 11) is 0. The second-order valence-electron chi connectivity index (χ2n) is 14.2. The first kappa shape index (κ1) is 31.2. The summed E-state index contributed by atoms with van der Waals surface area (Å²) in [6, 6.07) is 73.8. The number of benzene rings is 10. The number of anilines is 6. The van der Waals surface area contributed by atoms with Crippen LogP contribution < -0.4 is 14.5 Å². The van der Waals surface area contributed by atoms with Gasteiger partial charge >= 0.3 is 0 Å². The fourth-order valence-corrected chi connectivity index (χ4v) is 8.44. The van der Waals surface area contributed by atoms with E-state index in [2.05, 4.69) is 216 Å².